The minimum absolute atomic E-state index is 0.00737. The number of fused-ring (bicyclic) bond motifs is 5. The molecule has 7 heterocycles. The molecule has 2 aromatic heterocycles. The zero-order chi connectivity index (χ0) is 31.2. The smallest absolute Gasteiger partial charge is 0.319 e. The normalized spacial score (nSPS) is 26.7. The lowest BCUT2D eigenvalue weighted by molar-refractivity contribution is -0.107. The minimum atomic E-state index is -0.644. The molecule has 11 heteroatoms. The lowest BCUT2D eigenvalue weighted by Gasteiger charge is -2.39. The SMILES string of the molecule is CCc1c(F)ccc2cc(O)cc(-c3ncc4c(N5CC6CCC(C5)N6)nc(OCC56CCCN5CC5(COC5)C6)nc4c3F)c12. The number of phenolic OH excluding ortho intramolecular Hbond substituents is 1. The van der Waals surface area contributed by atoms with E-state index in [4.69, 9.17) is 19.4 Å². The number of nitrogens with zero attached hydrogens (tertiary/aromatic N) is 5. The largest absolute Gasteiger partial charge is 0.508 e. The Kier molecular flexibility index (Phi) is 6.46. The van der Waals surface area contributed by atoms with E-state index in [1.54, 1.807) is 18.3 Å². The van der Waals surface area contributed by atoms with Crippen LogP contribution in [0.3, 0.4) is 0 Å². The first-order valence-corrected chi connectivity index (χ1v) is 16.6. The van der Waals surface area contributed by atoms with Crippen LogP contribution in [0.5, 0.6) is 11.8 Å². The summed E-state index contributed by atoms with van der Waals surface area (Å²) in [5.74, 6) is -0.449. The molecule has 0 saturated carbocycles. The van der Waals surface area contributed by atoms with Gasteiger partial charge in [-0.25, -0.2) is 8.78 Å². The fraction of sp³-hybridized carbons (Fsp3) is 0.514. The number of aromatic nitrogens is 3. The van der Waals surface area contributed by atoms with E-state index < -0.39 is 5.82 Å². The molecule has 1 spiro atoms. The number of hydrogen-bond acceptors (Lipinski definition) is 9. The standard InChI is InChI=1S/C35H38F2N6O3/c1-2-24-27(36)7-4-20-10-23(44)11-25(28(20)24)30-29(37)31-26(12-38-30)32(42-13-21-5-6-22(14-42)39-21)41-33(40-31)46-19-35-8-3-9-43(35)16-34(15-35)17-45-18-34/h4,7,10-12,21-22,39,44H,2-3,5-6,8-9,13-19H2,1H3. The van der Waals surface area contributed by atoms with Crippen LogP contribution in [0.25, 0.3) is 32.9 Å². The molecule has 2 N–H and O–H groups in total. The van der Waals surface area contributed by atoms with Gasteiger partial charge < -0.3 is 24.8 Å². The second-order valence-electron chi connectivity index (χ2n) is 14.2. The van der Waals surface area contributed by atoms with Crippen LogP contribution in [0.2, 0.25) is 0 Å². The maximum absolute atomic E-state index is 16.9. The van der Waals surface area contributed by atoms with Crippen LogP contribution in [0, 0.1) is 17.0 Å². The average Bonchev–Trinajstić information content (AvgIpc) is 3.69. The van der Waals surface area contributed by atoms with Gasteiger partial charge in [-0.1, -0.05) is 13.0 Å². The van der Waals surface area contributed by atoms with Gasteiger partial charge in [0.15, 0.2) is 5.82 Å². The Hall–Kier alpha value is -3.67. The number of anilines is 1. The van der Waals surface area contributed by atoms with Gasteiger partial charge in [0, 0.05) is 48.9 Å². The predicted octanol–water partition coefficient (Wildman–Crippen LogP) is 4.97. The molecule has 240 valence electrons. The number of phenols is 1. The van der Waals surface area contributed by atoms with Crippen LogP contribution in [-0.4, -0.2) is 88.6 Å². The van der Waals surface area contributed by atoms with Gasteiger partial charge in [0.2, 0.25) is 0 Å². The lowest BCUT2D eigenvalue weighted by Crippen LogP contribution is -2.51. The summed E-state index contributed by atoms with van der Waals surface area (Å²) in [4.78, 5) is 19.0. The van der Waals surface area contributed by atoms with E-state index in [9.17, 15) is 9.50 Å². The Morgan fingerprint density at radius 3 is 2.72 bits per heavy atom. The number of pyridine rings is 1. The first kappa shape index (κ1) is 28.5. The van der Waals surface area contributed by atoms with Crippen molar-refractivity contribution in [2.75, 3.05) is 50.9 Å². The summed E-state index contributed by atoms with van der Waals surface area (Å²) in [7, 11) is 0. The Morgan fingerprint density at radius 1 is 1.13 bits per heavy atom. The molecular weight excluding hydrogens is 590 g/mol. The van der Waals surface area contributed by atoms with Crippen molar-refractivity contribution in [1.82, 2.24) is 25.2 Å². The fourth-order valence-corrected chi connectivity index (χ4v) is 9.11. The van der Waals surface area contributed by atoms with Crippen molar-refractivity contribution in [2.45, 2.75) is 63.1 Å². The van der Waals surface area contributed by atoms with Gasteiger partial charge in [-0.15, -0.1) is 0 Å². The number of ether oxygens (including phenoxy) is 2. The first-order valence-electron chi connectivity index (χ1n) is 16.6. The Morgan fingerprint density at radius 2 is 1.96 bits per heavy atom. The molecule has 2 bridgehead atoms. The molecule has 46 heavy (non-hydrogen) atoms. The molecule has 0 amide bonds. The van der Waals surface area contributed by atoms with Crippen molar-refractivity contribution in [3.05, 3.63) is 47.7 Å². The van der Waals surface area contributed by atoms with E-state index in [1.807, 2.05) is 6.92 Å². The molecule has 4 aromatic rings. The average molecular weight is 629 g/mol. The summed E-state index contributed by atoms with van der Waals surface area (Å²) < 4.78 is 44.0. The number of benzene rings is 2. The maximum Gasteiger partial charge on any atom is 0.319 e. The zero-order valence-electron chi connectivity index (χ0n) is 26.0. The highest BCUT2D eigenvalue weighted by Gasteiger charge is 2.58. The van der Waals surface area contributed by atoms with Crippen molar-refractivity contribution in [1.29, 1.82) is 0 Å². The van der Waals surface area contributed by atoms with E-state index in [2.05, 4.69) is 20.1 Å². The minimum Gasteiger partial charge on any atom is -0.508 e. The summed E-state index contributed by atoms with van der Waals surface area (Å²) in [6.45, 7) is 7.44. The molecule has 3 atom stereocenters. The van der Waals surface area contributed by atoms with Crippen molar-refractivity contribution >= 4 is 27.5 Å². The third-order valence-corrected chi connectivity index (χ3v) is 11.2. The van der Waals surface area contributed by atoms with Crippen LogP contribution in [0.4, 0.5) is 14.6 Å². The third-order valence-electron chi connectivity index (χ3n) is 11.2. The number of piperazine rings is 1. The van der Waals surface area contributed by atoms with Gasteiger partial charge in [-0.3, -0.25) is 9.88 Å². The topological polar surface area (TPSA) is 95.9 Å². The van der Waals surface area contributed by atoms with Crippen LogP contribution in [0.1, 0.15) is 44.6 Å². The molecular formula is C35H38F2N6O3. The molecule has 9 rings (SSSR count). The summed E-state index contributed by atoms with van der Waals surface area (Å²) in [5.41, 5.74) is 0.995. The molecule has 5 fully saturated rings. The number of aromatic hydroxyl groups is 1. The molecule has 9 nitrogen and oxygen atoms in total. The predicted molar refractivity (Wildman–Crippen MR) is 170 cm³/mol. The van der Waals surface area contributed by atoms with Gasteiger partial charge in [0.05, 0.1) is 24.1 Å². The van der Waals surface area contributed by atoms with Crippen molar-refractivity contribution in [3.8, 4) is 23.0 Å². The Bertz CT molecular complexity index is 1870. The zero-order valence-corrected chi connectivity index (χ0v) is 26.0. The highest BCUT2D eigenvalue weighted by atomic mass is 19.1. The van der Waals surface area contributed by atoms with Crippen LogP contribution < -0.4 is 15.0 Å². The third kappa shape index (κ3) is 4.38. The van der Waals surface area contributed by atoms with Gasteiger partial charge >= 0.3 is 6.01 Å². The monoisotopic (exact) mass is 628 g/mol. The van der Waals surface area contributed by atoms with E-state index in [-0.39, 0.29) is 39.7 Å². The van der Waals surface area contributed by atoms with E-state index >= 15 is 4.39 Å². The van der Waals surface area contributed by atoms with Gasteiger partial charge in [-0.05, 0) is 79.6 Å². The van der Waals surface area contributed by atoms with Gasteiger partial charge in [0.25, 0.3) is 0 Å². The summed E-state index contributed by atoms with van der Waals surface area (Å²) >= 11 is 0. The lowest BCUT2D eigenvalue weighted by atomic mass is 9.78. The molecule has 0 aliphatic carbocycles. The highest BCUT2D eigenvalue weighted by molar-refractivity contribution is 6.01. The van der Waals surface area contributed by atoms with E-state index in [0.717, 1.165) is 71.5 Å². The summed E-state index contributed by atoms with van der Waals surface area (Å²) in [6.07, 6.45) is 7.38. The molecule has 5 saturated heterocycles. The van der Waals surface area contributed by atoms with Crippen molar-refractivity contribution in [2.24, 2.45) is 5.41 Å². The quantitative estimate of drug-likeness (QED) is 0.307. The molecule has 0 radical (unpaired) electrons. The Balaban J connectivity index is 1.17. The van der Waals surface area contributed by atoms with Crippen LogP contribution >= 0.6 is 0 Å². The summed E-state index contributed by atoms with van der Waals surface area (Å²) in [6, 6.07) is 6.85. The number of aryl methyl sites for hydroxylation is 1. The molecule has 2 aromatic carbocycles. The van der Waals surface area contributed by atoms with E-state index in [1.165, 1.54) is 12.1 Å². The van der Waals surface area contributed by atoms with Crippen LogP contribution in [-0.2, 0) is 11.2 Å². The number of rotatable bonds is 6. The fourth-order valence-electron chi connectivity index (χ4n) is 9.11. The maximum atomic E-state index is 16.9. The first-order chi connectivity index (χ1) is 22.3. The highest BCUT2D eigenvalue weighted by Crippen LogP contribution is 2.51. The Labute approximate surface area is 265 Å². The second kappa shape index (κ2) is 10.4. The van der Waals surface area contributed by atoms with Gasteiger partial charge in [-0.2, -0.15) is 9.97 Å². The van der Waals surface area contributed by atoms with Gasteiger partial charge in [0.1, 0.15) is 35.2 Å². The van der Waals surface area contributed by atoms with Crippen molar-refractivity contribution < 1.29 is 23.4 Å². The molecule has 3 unspecified atom stereocenters. The molecule has 5 aliphatic rings. The van der Waals surface area contributed by atoms with Crippen molar-refractivity contribution in [3.63, 3.8) is 0 Å². The number of halogens is 2. The number of hydrogen-bond donors (Lipinski definition) is 2. The number of nitrogens with one attached hydrogen (secondary N) is 1. The van der Waals surface area contributed by atoms with Crippen LogP contribution in [0.15, 0.2) is 30.5 Å². The molecule has 5 aliphatic heterocycles. The van der Waals surface area contributed by atoms with E-state index in [0.29, 0.717) is 58.2 Å². The summed E-state index contributed by atoms with van der Waals surface area (Å²) in [5, 5.41) is 15.9. The second-order valence-corrected chi connectivity index (χ2v) is 14.2.